The Bertz CT molecular complexity index is 2140. The predicted octanol–water partition coefficient (Wildman–Crippen LogP) is 6.22. The van der Waals surface area contributed by atoms with Crippen LogP contribution in [-0.2, 0) is 6.54 Å². The number of rotatable bonds is 8. The molecule has 1 amide bonds. The SMILES string of the molecule is CCN(C)c1ccc2c(-c3ccccc3C(=O)N3CCN(Cc4cn(C5CC(C)(C)N(O)C(C)(C)C5)nn4)CC3)c3cc/c(=[N+](/C)CC)cc-3oc2c1. The minimum atomic E-state index is -0.361. The molecule has 2 aromatic carbocycles. The van der Waals surface area contributed by atoms with Gasteiger partial charge in [-0.25, -0.2) is 9.26 Å². The van der Waals surface area contributed by atoms with Crippen molar-refractivity contribution in [3.8, 4) is 22.5 Å². The zero-order chi connectivity index (χ0) is 37.7. The van der Waals surface area contributed by atoms with Crippen LogP contribution in [0.2, 0.25) is 0 Å². The Morgan fingerprint density at radius 2 is 1.68 bits per heavy atom. The van der Waals surface area contributed by atoms with Crippen molar-refractivity contribution < 1.29 is 14.4 Å². The summed E-state index contributed by atoms with van der Waals surface area (Å²) in [7, 11) is 4.16. The molecular formula is C42H55N8O3+. The van der Waals surface area contributed by atoms with Crippen molar-refractivity contribution in [1.82, 2.24) is 34.4 Å². The monoisotopic (exact) mass is 719 g/mol. The fraction of sp³-hybridized carbons (Fsp3) is 0.476. The minimum Gasteiger partial charge on any atom is -0.456 e. The number of piperazine rings is 1. The lowest BCUT2D eigenvalue weighted by molar-refractivity contribution is -0.249. The lowest BCUT2D eigenvalue weighted by Gasteiger charge is -2.51. The Balaban J connectivity index is 1.13. The minimum absolute atomic E-state index is 0.0402. The molecule has 280 valence electrons. The van der Waals surface area contributed by atoms with Crippen molar-refractivity contribution in [2.75, 3.05) is 58.3 Å². The number of hydrogen-bond donors (Lipinski definition) is 1. The number of anilines is 1. The van der Waals surface area contributed by atoms with E-state index in [1.54, 1.807) is 0 Å². The molecule has 7 rings (SSSR count). The van der Waals surface area contributed by atoms with Crippen molar-refractivity contribution in [2.24, 2.45) is 0 Å². The Labute approximate surface area is 313 Å². The summed E-state index contributed by atoms with van der Waals surface area (Å²) >= 11 is 0. The van der Waals surface area contributed by atoms with Gasteiger partial charge < -0.3 is 19.4 Å². The molecule has 2 fully saturated rings. The van der Waals surface area contributed by atoms with Crippen LogP contribution in [0, 0.1) is 0 Å². The lowest BCUT2D eigenvalue weighted by atomic mass is 9.79. The van der Waals surface area contributed by atoms with E-state index in [4.69, 9.17) is 4.42 Å². The van der Waals surface area contributed by atoms with Gasteiger partial charge in [-0.15, -0.1) is 5.10 Å². The van der Waals surface area contributed by atoms with E-state index in [-0.39, 0.29) is 23.0 Å². The normalized spacial score (nSPS) is 18.8. The Hall–Kier alpha value is -4.58. The van der Waals surface area contributed by atoms with E-state index < -0.39 is 0 Å². The number of piperidine rings is 1. The number of carbonyl (C=O) groups is 1. The zero-order valence-electron chi connectivity index (χ0n) is 32.6. The van der Waals surface area contributed by atoms with Gasteiger partial charge in [0.1, 0.15) is 24.9 Å². The topological polar surface area (TPSA) is 97.1 Å². The van der Waals surface area contributed by atoms with Crippen molar-refractivity contribution in [1.29, 1.82) is 0 Å². The highest BCUT2D eigenvalue weighted by atomic mass is 16.5. The summed E-state index contributed by atoms with van der Waals surface area (Å²) in [6.07, 6.45) is 3.64. The summed E-state index contributed by atoms with van der Waals surface area (Å²) in [5.74, 6) is 0.832. The number of fused-ring (bicyclic) bond motifs is 2. The molecule has 0 atom stereocenters. The van der Waals surface area contributed by atoms with E-state index in [0.717, 1.165) is 89.2 Å². The molecule has 0 unspecified atom stereocenters. The van der Waals surface area contributed by atoms with E-state index in [9.17, 15) is 10.0 Å². The van der Waals surface area contributed by atoms with Gasteiger partial charge in [0.05, 0.1) is 24.0 Å². The fourth-order valence-corrected chi connectivity index (χ4v) is 8.36. The highest BCUT2D eigenvalue weighted by Crippen LogP contribution is 2.43. The summed E-state index contributed by atoms with van der Waals surface area (Å²) in [5, 5.41) is 23.4. The van der Waals surface area contributed by atoms with Gasteiger partial charge in [0.25, 0.3) is 5.91 Å². The van der Waals surface area contributed by atoms with Crippen molar-refractivity contribution in [3.05, 3.63) is 83.5 Å². The summed E-state index contributed by atoms with van der Waals surface area (Å²) in [6, 6.07) is 20.9. The molecule has 53 heavy (non-hydrogen) atoms. The predicted molar refractivity (Wildman–Crippen MR) is 210 cm³/mol. The Morgan fingerprint density at radius 1 is 0.962 bits per heavy atom. The second-order valence-corrected chi connectivity index (χ2v) is 16.2. The third-order valence-electron chi connectivity index (χ3n) is 11.5. The molecule has 2 saturated heterocycles. The highest BCUT2D eigenvalue weighted by molar-refractivity contribution is 6.09. The van der Waals surface area contributed by atoms with Crippen molar-refractivity contribution in [2.45, 2.75) is 78.0 Å². The van der Waals surface area contributed by atoms with E-state index in [0.29, 0.717) is 25.2 Å². The average Bonchev–Trinajstić information content (AvgIpc) is 3.63. The lowest BCUT2D eigenvalue weighted by Crippen LogP contribution is -2.59. The van der Waals surface area contributed by atoms with E-state index in [1.807, 2.05) is 27.8 Å². The molecule has 1 aliphatic carbocycles. The number of benzene rings is 3. The van der Waals surface area contributed by atoms with Crippen LogP contribution in [0.25, 0.3) is 33.4 Å². The van der Waals surface area contributed by atoms with E-state index in [1.165, 1.54) is 5.06 Å². The van der Waals surface area contributed by atoms with Crippen LogP contribution < -0.4 is 14.8 Å². The van der Waals surface area contributed by atoms with Gasteiger partial charge in [0.2, 0.25) is 5.36 Å². The molecule has 1 aromatic heterocycles. The smallest absolute Gasteiger partial charge is 0.254 e. The quantitative estimate of drug-likeness (QED) is 0.149. The first kappa shape index (κ1) is 36.8. The van der Waals surface area contributed by atoms with Crippen LogP contribution in [-0.4, -0.2) is 105 Å². The standard InChI is InChI=1S/C42H55N8O3/c1-9-45(7)30-15-17-35-37(23-30)53-38-24-31(46(8)10-2)16-18-36(38)39(35)33-13-11-12-14-34(33)40(51)48-21-19-47(20-22-48)27-29-28-49(44-43-29)32-25-41(3,4)50(52)42(5,6)26-32/h11-18,23-24,28,32,52H,9-10,19-22,25-27H2,1-8H3/q+1. The maximum absolute atomic E-state index is 14.4. The van der Waals surface area contributed by atoms with Gasteiger partial charge in [0.15, 0.2) is 0 Å². The zero-order valence-corrected chi connectivity index (χ0v) is 32.6. The van der Waals surface area contributed by atoms with Gasteiger partial charge in [-0.3, -0.25) is 9.69 Å². The molecule has 11 nitrogen and oxygen atoms in total. The Morgan fingerprint density at radius 3 is 2.38 bits per heavy atom. The molecule has 0 saturated carbocycles. The second-order valence-electron chi connectivity index (χ2n) is 16.2. The number of aromatic nitrogens is 3. The number of carbonyl (C=O) groups excluding carboxylic acids is 1. The van der Waals surface area contributed by atoms with Crippen molar-refractivity contribution >= 4 is 22.6 Å². The largest absolute Gasteiger partial charge is 0.456 e. The first-order valence-electron chi connectivity index (χ1n) is 19.1. The number of amides is 1. The Kier molecular flexibility index (Phi) is 9.95. The van der Waals surface area contributed by atoms with Crippen LogP contribution in [0.5, 0.6) is 0 Å². The number of hydroxylamine groups is 2. The third kappa shape index (κ3) is 7.10. The van der Waals surface area contributed by atoms with Gasteiger partial charge in [-0.2, -0.15) is 5.06 Å². The van der Waals surface area contributed by atoms with Crippen LogP contribution in [0.3, 0.4) is 0 Å². The van der Waals surface area contributed by atoms with Gasteiger partial charge in [-0.05, 0) is 84.2 Å². The summed E-state index contributed by atoms with van der Waals surface area (Å²) in [4.78, 5) is 21.0. The van der Waals surface area contributed by atoms with Crippen LogP contribution in [0.4, 0.5) is 5.69 Å². The molecule has 4 heterocycles. The second kappa shape index (κ2) is 14.3. The molecule has 3 aliphatic heterocycles. The molecule has 3 aromatic rings. The summed E-state index contributed by atoms with van der Waals surface area (Å²) < 4.78 is 10.8. The molecule has 1 N–H and O–H groups in total. The van der Waals surface area contributed by atoms with E-state index in [2.05, 4.69) is 129 Å². The fourth-order valence-electron chi connectivity index (χ4n) is 8.36. The molecule has 0 bridgehead atoms. The summed E-state index contributed by atoms with van der Waals surface area (Å²) in [5.41, 5.74) is 5.68. The number of hydrogen-bond acceptors (Lipinski definition) is 8. The van der Waals surface area contributed by atoms with Gasteiger partial charge in [-0.1, -0.05) is 23.4 Å². The summed E-state index contributed by atoms with van der Waals surface area (Å²) in [6.45, 7) is 17.8. The van der Waals surface area contributed by atoms with Crippen molar-refractivity contribution in [3.63, 3.8) is 0 Å². The molecule has 11 heteroatoms. The van der Waals surface area contributed by atoms with Gasteiger partial charge >= 0.3 is 0 Å². The number of nitrogens with zero attached hydrogens (tertiary/aromatic N) is 8. The highest BCUT2D eigenvalue weighted by Gasteiger charge is 2.46. The maximum atomic E-state index is 14.4. The van der Waals surface area contributed by atoms with Crippen LogP contribution in [0.1, 0.15) is 76.5 Å². The first-order chi connectivity index (χ1) is 25.3. The molecular weight excluding hydrogens is 665 g/mol. The average molecular weight is 720 g/mol. The third-order valence-corrected chi connectivity index (χ3v) is 11.5. The maximum Gasteiger partial charge on any atom is 0.254 e. The molecule has 4 aliphatic rings. The first-order valence-corrected chi connectivity index (χ1v) is 19.1. The molecule has 0 radical (unpaired) electrons. The van der Waals surface area contributed by atoms with Crippen LogP contribution in [0.15, 0.2) is 71.3 Å². The van der Waals surface area contributed by atoms with E-state index >= 15 is 0 Å². The van der Waals surface area contributed by atoms with Crippen LogP contribution >= 0.6 is 0 Å². The van der Waals surface area contributed by atoms with Gasteiger partial charge in [0, 0.05) is 97.3 Å². The molecule has 0 spiro atoms.